The van der Waals surface area contributed by atoms with Crippen LogP contribution in [-0.4, -0.2) is 46.3 Å². The van der Waals surface area contributed by atoms with Crippen LogP contribution in [0.2, 0.25) is 0 Å². The number of aromatic nitrogens is 5. The van der Waals surface area contributed by atoms with Crippen LogP contribution in [0.15, 0.2) is 23.1 Å². The molecule has 3 aromatic rings. The Kier molecular flexibility index (Phi) is 4.51. The molecule has 24 heavy (non-hydrogen) atoms. The number of fused-ring (bicyclic) bond motifs is 1. The molecule has 0 aliphatic heterocycles. The Morgan fingerprint density at radius 1 is 1.08 bits per heavy atom. The average Bonchev–Trinajstić information content (AvgIpc) is 3.08. The third-order valence-electron chi connectivity index (χ3n) is 2.96. The summed E-state index contributed by atoms with van der Waals surface area (Å²) < 4.78 is 45.4. The molecule has 0 unspecified atom stereocenters. The number of benzene rings is 1. The predicted octanol–water partition coefficient (Wildman–Crippen LogP) is 0.372. The van der Waals surface area contributed by atoms with Crippen LogP contribution < -0.4 is 14.2 Å². The Morgan fingerprint density at radius 3 is 2.46 bits per heavy atom. The van der Waals surface area contributed by atoms with Crippen molar-refractivity contribution in [2.75, 3.05) is 14.2 Å². The molecule has 0 amide bonds. The molecular formula is C12H12N6O4S2. The summed E-state index contributed by atoms with van der Waals surface area (Å²) in [6, 6.07) is 4.82. The van der Waals surface area contributed by atoms with E-state index >= 15 is 0 Å². The molecular weight excluding hydrogens is 356 g/mol. The van der Waals surface area contributed by atoms with Crippen molar-refractivity contribution in [2.45, 2.75) is 11.4 Å². The molecule has 0 aliphatic rings. The highest BCUT2D eigenvalue weighted by Crippen LogP contribution is 2.21. The summed E-state index contributed by atoms with van der Waals surface area (Å²) in [7, 11) is -1.05. The van der Waals surface area contributed by atoms with Gasteiger partial charge in [-0.2, -0.15) is 18.7 Å². The molecule has 12 heteroatoms. The molecule has 0 bridgehead atoms. The Bertz CT molecular complexity index is 952. The highest BCUT2D eigenvalue weighted by Gasteiger charge is 2.20. The minimum absolute atomic E-state index is 0.0295. The highest BCUT2D eigenvalue weighted by molar-refractivity contribution is 7.89. The Labute approximate surface area is 141 Å². The van der Waals surface area contributed by atoms with Crippen LogP contribution in [0.3, 0.4) is 0 Å². The Hall–Kier alpha value is -2.44. The molecule has 0 radical (unpaired) electrons. The third kappa shape index (κ3) is 3.25. The standard InChI is InChI=1S/C12H12N6O4S2/c1-21-11-14-9(15-12(16-11)22-2)6-13-24(19,20)8-5-3-4-7-10(8)18-23-17-7/h3-5,13H,6H2,1-2H3. The number of ether oxygens (including phenoxy) is 2. The van der Waals surface area contributed by atoms with Gasteiger partial charge in [0.2, 0.25) is 10.0 Å². The normalized spacial score (nSPS) is 11.6. The van der Waals surface area contributed by atoms with E-state index in [-0.39, 0.29) is 29.3 Å². The number of hydrogen-bond acceptors (Lipinski definition) is 10. The van der Waals surface area contributed by atoms with Crippen molar-refractivity contribution in [3.63, 3.8) is 0 Å². The molecule has 0 aliphatic carbocycles. The van der Waals surface area contributed by atoms with Crippen LogP contribution in [-0.2, 0) is 16.6 Å². The molecule has 1 aromatic carbocycles. The van der Waals surface area contributed by atoms with Crippen molar-refractivity contribution in [1.29, 1.82) is 0 Å². The van der Waals surface area contributed by atoms with Crippen LogP contribution >= 0.6 is 11.7 Å². The van der Waals surface area contributed by atoms with E-state index in [9.17, 15) is 8.42 Å². The van der Waals surface area contributed by atoms with Gasteiger partial charge in [-0.05, 0) is 12.1 Å². The summed E-state index contributed by atoms with van der Waals surface area (Å²) in [6.07, 6.45) is 0. The quantitative estimate of drug-likeness (QED) is 0.656. The zero-order valence-electron chi connectivity index (χ0n) is 12.6. The van der Waals surface area contributed by atoms with Crippen LogP contribution in [0.1, 0.15) is 5.82 Å². The second-order valence-electron chi connectivity index (χ2n) is 4.44. The lowest BCUT2D eigenvalue weighted by atomic mass is 10.3. The van der Waals surface area contributed by atoms with Gasteiger partial charge in [-0.15, -0.1) is 4.98 Å². The molecule has 3 rings (SSSR count). The number of nitrogens with zero attached hydrogens (tertiary/aromatic N) is 5. The minimum Gasteiger partial charge on any atom is -0.467 e. The van der Waals surface area contributed by atoms with E-state index in [1.165, 1.54) is 20.3 Å². The van der Waals surface area contributed by atoms with E-state index in [0.29, 0.717) is 11.0 Å². The number of nitrogens with one attached hydrogen (secondary N) is 1. The summed E-state index contributed by atoms with van der Waals surface area (Å²) in [5.41, 5.74) is 0.840. The van der Waals surface area contributed by atoms with E-state index in [1.807, 2.05) is 0 Å². The van der Waals surface area contributed by atoms with Gasteiger partial charge < -0.3 is 9.47 Å². The van der Waals surface area contributed by atoms with Gasteiger partial charge in [0.15, 0.2) is 5.82 Å². The second kappa shape index (κ2) is 6.59. The third-order valence-corrected chi connectivity index (χ3v) is 4.94. The van der Waals surface area contributed by atoms with Crippen molar-refractivity contribution in [3.05, 3.63) is 24.0 Å². The van der Waals surface area contributed by atoms with Crippen molar-refractivity contribution in [2.24, 2.45) is 0 Å². The number of sulfonamides is 1. The van der Waals surface area contributed by atoms with Gasteiger partial charge in [-0.1, -0.05) is 6.07 Å². The maximum atomic E-state index is 12.5. The topological polar surface area (TPSA) is 129 Å². The first-order chi connectivity index (χ1) is 11.5. The number of rotatable bonds is 6. The van der Waals surface area contributed by atoms with E-state index in [2.05, 4.69) is 28.4 Å². The van der Waals surface area contributed by atoms with Gasteiger partial charge in [-0.25, -0.2) is 13.1 Å². The van der Waals surface area contributed by atoms with E-state index in [0.717, 1.165) is 11.7 Å². The monoisotopic (exact) mass is 368 g/mol. The highest BCUT2D eigenvalue weighted by atomic mass is 32.2. The van der Waals surface area contributed by atoms with Crippen LogP contribution in [0.4, 0.5) is 0 Å². The lowest BCUT2D eigenvalue weighted by Crippen LogP contribution is -2.25. The van der Waals surface area contributed by atoms with E-state index < -0.39 is 10.0 Å². The van der Waals surface area contributed by atoms with Crippen LogP contribution in [0, 0.1) is 0 Å². The first kappa shape index (κ1) is 16.4. The maximum Gasteiger partial charge on any atom is 0.322 e. The maximum absolute atomic E-state index is 12.5. The van der Waals surface area contributed by atoms with E-state index in [4.69, 9.17) is 9.47 Å². The summed E-state index contributed by atoms with van der Waals surface area (Å²) in [4.78, 5) is 11.8. The van der Waals surface area contributed by atoms with Crippen molar-refractivity contribution in [3.8, 4) is 12.0 Å². The predicted molar refractivity (Wildman–Crippen MR) is 84.4 cm³/mol. The summed E-state index contributed by atoms with van der Waals surface area (Å²) in [5, 5.41) is 0. The Morgan fingerprint density at radius 2 is 1.79 bits per heavy atom. The summed E-state index contributed by atoms with van der Waals surface area (Å²) >= 11 is 0.949. The summed E-state index contributed by atoms with van der Waals surface area (Å²) in [6.45, 7) is -0.161. The fraction of sp³-hybridized carbons (Fsp3) is 0.250. The lowest BCUT2D eigenvalue weighted by Gasteiger charge is -2.08. The first-order valence-corrected chi connectivity index (χ1v) is 8.78. The second-order valence-corrected chi connectivity index (χ2v) is 6.70. The molecule has 2 aromatic heterocycles. The minimum atomic E-state index is -3.82. The Balaban J connectivity index is 1.87. The zero-order valence-corrected chi connectivity index (χ0v) is 14.3. The van der Waals surface area contributed by atoms with Crippen molar-refractivity contribution < 1.29 is 17.9 Å². The average molecular weight is 368 g/mol. The molecule has 0 atom stereocenters. The molecule has 0 fully saturated rings. The molecule has 0 saturated heterocycles. The van der Waals surface area contributed by atoms with Gasteiger partial charge in [0.1, 0.15) is 15.9 Å². The largest absolute Gasteiger partial charge is 0.467 e. The first-order valence-electron chi connectivity index (χ1n) is 6.57. The van der Waals surface area contributed by atoms with E-state index in [1.54, 1.807) is 12.1 Å². The molecule has 2 heterocycles. The smallest absolute Gasteiger partial charge is 0.322 e. The number of hydrogen-bond donors (Lipinski definition) is 1. The van der Waals surface area contributed by atoms with Crippen molar-refractivity contribution in [1.82, 2.24) is 28.4 Å². The number of methoxy groups -OCH3 is 2. The van der Waals surface area contributed by atoms with Gasteiger partial charge >= 0.3 is 12.0 Å². The fourth-order valence-corrected chi connectivity index (χ4v) is 3.62. The molecule has 10 nitrogen and oxygen atoms in total. The molecule has 0 spiro atoms. The zero-order chi connectivity index (χ0) is 17.2. The van der Waals surface area contributed by atoms with Crippen LogP contribution in [0.25, 0.3) is 11.0 Å². The SMILES string of the molecule is COc1nc(CNS(=O)(=O)c2cccc3nsnc23)nc(OC)n1. The van der Waals surface area contributed by atoms with Crippen molar-refractivity contribution >= 4 is 32.8 Å². The van der Waals surface area contributed by atoms with Gasteiger partial charge in [0.05, 0.1) is 32.5 Å². The summed E-state index contributed by atoms with van der Waals surface area (Å²) in [5.74, 6) is 0.158. The molecule has 1 N–H and O–H groups in total. The molecule has 0 saturated carbocycles. The van der Waals surface area contributed by atoms with Gasteiger partial charge in [-0.3, -0.25) is 0 Å². The lowest BCUT2D eigenvalue weighted by molar-refractivity contribution is 0.336. The van der Waals surface area contributed by atoms with Gasteiger partial charge in [0.25, 0.3) is 0 Å². The molecule has 126 valence electrons. The fourth-order valence-electron chi connectivity index (χ4n) is 1.87. The van der Waals surface area contributed by atoms with Gasteiger partial charge in [0, 0.05) is 0 Å². The van der Waals surface area contributed by atoms with Crippen LogP contribution in [0.5, 0.6) is 12.0 Å².